The Hall–Kier alpha value is -0.870. The second kappa shape index (κ2) is 5.85. The summed E-state index contributed by atoms with van der Waals surface area (Å²) in [6, 6.07) is 0.877. The summed E-state index contributed by atoms with van der Waals surface area (Å²) < 4.78 is 1.90. The third-order valence-corrected chi connectivity index (χ3v) is 4.02. The molecule has 1 aromatic heterocycles. The standard InChI is InChI=1S/C14H26N4/c1-4-13-12(9-18(3)17-13)14(8-15)16-11-6-5-10(2)7-11/h9-11,14,16H,4-8,15H2,1-3H3. The molecule has 18 heavy (non-hydrogen) atoms. The number of nitrogens with zero attached hydrogens (tertiary/aromatic N) is 2. The summed E-state index contributed by atoms with van der Waals surface area (Å²) >= 11 is 0. The maximum absolute atomic E-state index is 5.95. The van der Waals surface area contributed by atoms with Crippen LogP contribution in [0.25, 0.3) is 0 Å². The molecule has 0 aliphatic heterocycles. The van der Waals surface area contributed by atoms with E-state index in [0.717, 1.165) is 12.3 Å². The molecule has 1 aliphatic carbocycles. The highest BCUT2D eigenvalue weighted by Crippen LogP contribution is 2.27. The van der Waals surface area contributed by atoms with Gasteiger partial charge in [-0.25, -0.2) is 0 Å². The van der Waals surface area contributed by atoms with Gasteiger partial charge in [0, 0.05) is 37.4 Å². The van der Waals surface area contributed by atoms with E-state index in [9.17, 15) is 0 Å². The second-order valence-corrected chi connectivity index (χ2v) is 5.63. The van der Waals surface area contributed by atoms with Gasteiger partial charge in [0.1, 0.15) is 0 Å². The fourth-order valence-corrected chi connectivity index (χ4v) is 3.05. The molecule has 3 unspecified atom stereocenters. The molecule has 102 valence electrons. The number of hydrogen-bond acceptors (Lipinski definition) is 3. The van der Waals surface area contributed by atoms with Crippen LogP contribution in [0.3, 0.4) is 0 Å². The quantitative estimate of drug-likeness (QED) is 0.837. The predicted molar refractivity (Wildman–Crippen MR) is 74.3 cm³/mol. The second-order valence-electron chi connectivity index (χ2n) is 5.63. The minimum absolute atomic E-state index is 0.254. The molecule has 0 saturated heterocycles. The first-order valence-corrected chi connectivity index (χ1v) is 7.12. The Morgan fingerprint density at radius 1 is 1.56 bits per heavy atom. The third-order valence-electron chi connectivity index (χ3n) is 4.02. The molecule has 0 bridgehead atoms. The Labute approximate surface area is 110 Å². The average Bonchev–Trinajstić information content (AvgIpc) is 2.92. The van der Waals surface area contributed by atoms with Gasteiger partial charge in [-0.15, -0.1) is 0 Å². The predicted octanol–water partition coefficient (Wildman–Crippen LogP) is 1.76. The molecule has 1 aliphatic rings. The van der Waals surface area contributed by atoms with Gasteiger partial charge in [-0.1, -0.05) is 13.8 Å². The number of hydrogen-bond donors (Lipinski definition) is 2. The van der Waals surface area contributed by atoms with Crippen molar-refractivity contribution < 1.29 is 0 Å². The van der Waals surface area contributed by atoms with E-state index in [1.54, 1.807) is 0 Å². The lowest BCUT2D eigenvalue weighted by Crippen LogP contribution is -2.35. The molecule has 0 aromatic carbocycles. The van der Waals surface area contributed by atoms with Crippen LogP contribution >= 0.6 is 0 Å². The fourth-order valence-electron chi connectivity index (χ4n) is 3.05. The fraction of sp³-hybridized carbons (Fsp3) is 0.786. The molecule has 1 heterocycles. The third kappa shape index (κ3) is 2.93. The molecule has 0 spiro atoms. The molecule has 3 N–H and O–H groups in total. The Kier molecular flexibility index (Phi) is 4.40. The summed E-state index contributed by atoms with van der Waals surface area (Å²) in [5.41, 5.74) is 8.40. The van der Waals surface area contributed by atoms with E-state index < -0.39 is 0 Å². The number of aromatic nitrogens is 2. The van der Waals surface area contributed by atoms with Crippen LogP contribution in [0, 0.1) is 5.92 Å². The molecule has 1 saturated carbocycles. The molecular formula is C14H26N4. The molecule has 3 atom stereocenters. The number of nitrogens with two attached hydrogens (primary N) is 1. The lowest BCUT2D eigenvalue weighted by molar-refractivity contribution is 0.432. The smallest absolute Gasteiger partial charge is 0.0670 e. The van der Waals surface area contributed by atoms with Crippen molar-refractivity contribution in [3.8, 4) is 0 Å². The Morgan fingerprint density at radius 2 is 2.33 bits per heavy atom. The van der Waals surface area contributed by atoms with Crippen molar-refractivity contribution in [2.24, 2.45) is 18.7 Å². The van der Waals surface area contributed by atoms with E-state index >= 15 is 0 Å². The molecule has 4 nitrogen and oxygen atoms in total. The molecule has 0 amide bonds. The minimum Gasteiger partial charge on any atom is -0.329 e. The molecule has 0 radical (unpaired) electrons. The van der Waals surface area contributed by atoms with Crippen LogP contribution in [0.5, 0.6) is 0 Å². The minimum atomic E-state index is 0.254. The van der Waals surface area contributed by atoms with Crippen molar-refractivity contribution in [1.29, 1.82) is 0 Å². The van der Waals surface area contributed by atoms with Gasteiger partial charge in [0.15, 0.2) is 0 Å². The first kappa shape index (κ1) is 13.6. The molecular weight excluding hydrogens is 224 g/mol. The first-order valence-electron chi connectivity index (χ1n) is 7.12. The zero-order chi connectivity index (χ0) is 13.1. The number of aryl methyl sites for hydroxylation is 2. The highest BCUT2D eigenvalue weighted by atomic mass is 15.3. The summed E-state index contributed by atoms with van der Waals surface area (Å²) in [4.78, 5) is 0. The highest BCUT2D eigenvalue weighted by Gasteiger charge is 2.25. The summed E-state index contributed by atoms with van der Waals surface area (Å²) in [6.07, 6.45) is 6.97. The van der Waals surface area contributed by atoms with Crippen LogP contribution in [0.2, 0.25) is 0 Å². The summed E-state index contributed by atoms with van der Waals surface area (Å²) in [6.45, 7) is 5.13. The van der Waals surface area contributed by atoms with Crippen molar-refractivity contribution in [1.82, 2.24) is 15.1 Å². The number of nitrogens with one attached hydrogen (secondary N) is 1. The lowest BCUT2D eigenvalue weighted by Gasteiger charge is -2.21. The number of rotatable bonds is 5. The van der Waals surface area contributed by atoms with Crippen LogP contribution < -0.4 is 11.1 Å². The summed E-state index contributed by atoms with van der Waals surface area (Å²) in [5.74, 6) is 0.848. The van der Waals surface area contributed by atoms with Gasteiger partial charge in [-0.2, -0.15) is 5.10 Å². The lowest BCUT2D eigenvalue weighted by atomic mass is 10.0. The van der Waals surface area contributed by atoms with Crippen molar-refractivity contribution in [3.05, 3.63) is 17.5 Å². The van der Waals surface area contributed by atoms with Crippen molar-refractivity contribution in [2.45, 2.75) is 51.6 Å². The first-order chi connectivity index (χ1) is 8.63. The van der Waals surface area contributed by atoms with Gasteiger partial charge in [-0.05, 0) is 31.6 Å². The van der Waals surface area contributed by atoms with Gasteiger partial charge in [0.2, 0.25) is 0 Å². The van der Waals surface area contributed by atoms with Gasteiger partial charge in [0.25, 0.3) is 0 Å². The van der Waals surface area contributed by atoms with Crippen LogP contribution in [0.1, 0.15) is 50.4 Å². The molecule has 4 heteroatoms. The van der Waals surface area contributed by atoms with Crippen LogP contribution in [0.4, 0.5) is 0 Å². The van der Waals surface area contributed by atoms with Gasteiger partial charge < -0.3 is 11.1 Å². The maximum atomic E-state index is 5.95. The highest BCUT2D eigenvalue weighted by molar-refractivity contribution is 5.22. The molecule has 1 aromatic rings. The van der Waals surface area contributed by atoms with Crippen LogP contribution in [-0.2, 0) is 13.5 Å². The van der Waals surface area contributed by atoms with E-state index in [4.69, 9.17) is 5.73 Å². The Balaban J connectivity index is 2.07. The summed E-state index contributed by atoms with van der Waals surface area (Å²) in [5, 5.41) is 8.23. The van der Waals surface area contributed by atoms with Gasteiger partial charge in [0.05, 0.1) is 5.69 Å². The van der Waals surface area contributed by atoms with E-state index in [2.05, 4.69) is 30.5 Å². The normalized spacial score (nSPS) is 25.6. The van der Waals surface area contributed by atoms with Crippen LogP contribution in [0.15, 0.2) is 6.20 Å². The SMILES string of the molecule is CCc1nn(C)cc1C(CN)NC1CCC(C)C1. The van der Waals surface area contributed by atoms with E-state index in [0.29, 0.717) is 12.6 Å². The Morgan fingerprint density at radius 3 is 2.89 bits per heavy atom. The van der Waals surface area contributed by atoms with Crippen LogP contribution in [-0.4, -0.2) is 22.4 Å². The van der Waals surface area contributed by atoms with E-state index in [-0.39, 0.29) is 6.04 Å². The molecule has 2 rings (SSSR count). The zero-order valence-corrected chi connectivity index (χ0v) is 11.8. The monoisotopic (exact) mass is 250 g/mol. The van der Waals surface area contributed by atoms with Gasteiger partial charge in [-0.3, -0.25) is 4.68 Å². The average molecular weight is 250 g/mol. The largest absolute Gasteiger partial charge is 0.329 e. The van der Waals surface area contributed by atoms with E-state index in [1.807, 2.05) is 11.7 Å². The van der Waals surface area contributed by atoms with Crippen molar-refractivity contribution in [3.63, 3.8) is 0 Å². The van der Waals surface area contributed by atoms with Gasteiger partial charge >= 0.3 is 0 Å². The van der Waals surface area contributed by atoms with E-state index in [1.165, 1.54) is 30.5 Å². The zero-order valence-electron chi connectivity index (χ0n) is 11.8. The Bertz CT molecular complexity index is 385. The topological polar surface area (TPSA) is 55.9 Å². The van der Waals surface area contributed by atoms with Crippen molar-refractivity contribution >= 4 is 0 Å². The molecule has 1 fully saturated rings. The summed E-state index contributed by atoms with van der Waals surface area (Å²) in [7, 11) is 1.98. The maximum Gasteiger partial charge on any atom is 0.0670 e. The van der Waals surface area contributed by atoms with Crippen molar-refractivity contribution in [2.75, 3.05) is 6.54 Å².